The van der Waals surface area contributed by atoms with Crippen LogP contribution in [0.15, 0.2) is 0 Å². The van der Waals surface area contributed by atoms with Crippen molar-refractivity contribution in [1.29, 1.82) is 0 Å². The van der Waals surface area contributed by atoms with E-state index in [0.29, 0.717) is 0 Å². The lowest BCUT2D eigenvalue weighted by molar-refractivity contribution is -0.151. The van der Waals surface area contributed by atoms with Crippen LogP contribution in [0.3, 0.4) is 0 Å². The van der Waals surface area contributed by atoms with Crippen LogP contribution >= 0.6 is 12.2 Å². The van der Waals surface area contributed by atoms with Crippen LogP contribution in [-0.4, -0.2) is 55.0 Å². The van der Waals surface area contributed by atoms with E-state index in [4.69, 9.17) is 5.73 Å². The van der Waals surface area contributed by atoms with Gasteiger partial charge in [0.25, 0.3) is 0 Å². The lowest BCUT2D eigenvalue weighted by atomic mass is 10.3. The van der Waals surface area contributed by atoms with Gasteiger partial charge in [-0.2, -0.15) is 0 Å². The Morgan fingerprint density at radius 1 is 1.12 bits per heavy atom. The van der Waals surface area contributed by atoms with Gasteiger partial charge in [0.15, 0.2) is 0 Å². The van der Waals surface area contributed by atoms with Crippen LogP contribution in [0.1, 0.15) is 6.42 Å². The zero-order valence-corrected chi connectivity index (χ0v) is 10.4. The van der Waals surface area contributed by atoms with E-state index in [1.807, 2.05) is 0 Å². The number of rotatable bonds is 6. The van der Waals surface area contributed by atoms with Gasteiger partial charge in [-0.15, -0.1) is 0 Å². The number of esters is 2. The number of methoxy groups -OCH3 is 2. The molecule has 0 unspecified atom stereocenters. The summed E-state index contributed by atoms with van der Waals surface area (Å²) in [6.07, 6.45) is -0.219. The summed E-state index contributed by atoms with van der Waals surface area (Å²) in [5.74, 6) is -1.83. The Morgan fingerprint density at radius 3 is 1.82 bits per heavy atom. The molecule has 0 spiro atoms. The van der Waals surface area contributed by atoms with Crippen molar-refractivity contribution in [2.24, 2.45) is 5.73 Å². The van der Waals surface area contributed by atoms with Crippen molar-refractivity contribution in [3.63, 3.8) is 0 Å². The second-order valence-corrected chi connectivity index (χ2v) is 3.57. The van der Waals surface area contributed by atoms with E-state index < -0.39 is 17.8 Å². The van der Waals surface area contributed by atoms with E-state index in [9.17, 15) is 14.4 Å². The molecule has 0 fully saturated rings. The lowest BCUT2D eigenvalue weighted by Crippen LogP contribution is -2.41. The highest BCUT2D eigenvalue weighted by atomic mass is 32.1. The first-order chi connectivity index (χ1) is 7.90. The standard InChI is InChI=1S/C9H14N2O5S/c1-15-8(13)4-11(5-9(14)16-2)7(12)3-6(10)17/h3-5H2,1-2H3,(H2,10,17). The molecule has 1 amide bonds. The summed E-state index contributed by atoms with van der Waals surface area (Å²) in [7, 11) is 2.35. The molecule has 0 aliphatic heterocycles. The van der Waals surface area contributed by atoms with E-state index in [2.05, 4.69) is 21.7 Å². The number of hydrogen-bond donors (Lipinski definition) is 1. The summed E-state index contributed by atoms with van der Waals surface area (Å²) < 4.78 is 8.80. The monoisotopic (exact) mass is 262 g/mol. The maximum Gasteiger partial charge on any atom is 0.325 e. The third kappa shape index (κ3) is 6.46. The molecule has 0 bridgehead atoms. The zero-order valence-electron chi connectivity index (χ0n) is 9.60. The predicted octanol–water partition coefficient (Wildman–Crippen LogP) is -1.16. The normalized spacial score (nSPS) is 9.29. The Kier molecular flexibility index (Phi) is 6.80. The highest BCUT2D eigenvalue weighted by molar-refractivity contribution is 7.80. The van der Waals surface area contributed by atoms with Crippen molar-refractivity contribution in [3.8, 4) is 0 Å². The van der Waals surface area contributed by atoms with Crippen molar-refractivity contribution in [1.82, 2.24) is 4.90 Å². The van der Waals surface area contributed by atoms with Gasteiger partial charge in [0.2, 0.25) is 5.91 Å². The first-order valence-electron chi connectivity index (χ1n) is 4.60. The molecule has 0 aromatic rings. The quantitative estimate of drug-likeness (QED) is 0.476. The fourth-order valence-corrected chi connectivity index (χ4v) is 1.06. The van der Waals surface area contributed by atoms with Gasteiger partial charge in [-0.05, 0) is 0 Å². The number of carbonyl (C=O) groups excluding carboxylic acids is 3. The Balaban J connectivity index is 4.59. The summed E-state index contributed by atoms with van der Waals surface area (Å²) >= 11 is 4.57. The average Bonchev–Trinajstić information content (AvgIpc) is 2.26. The fourth-order valence-electron chi connectivity index (χ4n) is 0.934. The highest BCUT2D eigenvalue weighted by Crippen LogP contribution is 1.97. The summed E-state index contributed by atoms with van der Waals surface area (Å²) in [4.78, 5) is 34.6. The van der Waals surface area contributed by atoms with Gasteiger partial charge in [-0.3, -0.25) is 14.4 Å². The molecule has 17 heavy (non-hydrogen) atoms. The number of thiocarbonyl (C=S) groups is 1. The summed E-state index contributed by atoms with van der Waals surface area (Å²) in [6, 6.07) is 0. The maximum absolute atomic E-state index is 11.6. The van der Waals surface area contributed by atoms with Crippen molar-refractivity contribution in [2.75, 3.05) is 27.3 Å². The first-order valence-corrected chi connectivity index (χ1v) is 5.01. The molecule has 0 radical (unpaired) electrons. The Bertz CT molecular complexity index is 313. The van der Waals surface area contributed by atoms with Crippen LogP contribution in [0.4, 0.5) is 0 Å². The number of amides is 1. The van der Waals surface area contributed by atoms with Crippen molar-refractivity contribution < 1.29 is 23.9 Å². The molecule has 0 aromatic carbocycles. The second kappa shape index (κ2) is 7.55. The number of carbonyl (C=O) groups is 3. The van der Waals surface area contributed by atoms with Crippen molar-refractivity contribution in [3.05, 3.63) is 0 Å². The minimum absolute atomic E-state index is 0.0188. The van der Waals surface area contributed by atoms with Crippen molar-refractivity contribution in [2.45, 2.75) is 6.42 Å². The van der Waals surface area contributed by atoms with Crippen LogP contribution < -0.4 is 5.73 Å². The van der Waals surface area contributed by atoms with E-state index in [1.165, 1.54) is 14.2 Å². The van der Waals surface area contributed by atoms with Gasteiger partial charge in [0.1, 0.15) is 13.1 Å². The minimum Gasteiger partial charge on any atom is -0.468 e. The molecule has 0 aliphatic carbocycles. The van der Waals surface area contributed by atoms with Gasteiger partial charge in [-0.25, -0.2) is 0 Å². The van der Waals surface area contributed by atoms with E-state index in [-0.39, 0.29) is 24.5 Å². The number of nitrogens with two attached hydrogens (primary N) is 1. The second-order valence-electron chi connectivity index (χ2n) is 3.05. The van der Waals surface area contributed by atoms with Gasteiger partial charge >= 0.3 is 11.9 Å². The molecular formula is C9H14N2O5S. The van der Waals surface area contributed by atoms with E-state index in [1.54, 1.807) is 0 Å². The summed E-state index contributed by atoms with van der Waals surface area (Å²) in [5, 5.41) is 0. The molecule has 96 valence electrons. The van der Waals surface area contributed by atoms with Gasteiger partial charge in [0, 0.05) is 0 Å². The molecule has 0 aromatic heterocycles. The Labute approximate surface area is 104 Å². The van der Waals surface area contributed by atoms with Crippen molar-refractivity contribution >= 4 is 35.1 Å². The van der Waals surface area contributed by atoms with Crippen LogP contribution in [0.25, 0.3) is 0 Å². The minimum atomic E-state index is -0.648. The largest absolute Gasteiger partial charge is 0.468 e. The molecule has 8 heteroatoms. The topological polar surface area (TPSA) is 98.9 Å². The van der Waals surface area contributed by atoms with Gasteiger partial charge in [-0.1, -0.05) is 12.2 Å². The third-order valence-electron chi connectivity index (χ3n) is 1.77. The molecule has 0 rings (SSSR count). The molecule has 2 N–H and O–H groups in total. The van der Waals surface area contributed by atoms with Crippen LogP contribution in [-0.2, 0) is 23.9 Å². The molecule has 0 atom stereocenters. The first kappa shape index (κ1) is 15.3. The smallest absolute Gasteiger partial charge is 0.325 e. The summed E-state index contributed by atoms with van der Waals surface area (Å²) in [5.41, 5.74) is 5.21. The lowest BCUT2D eigenvalue weighted by Gasteiger charge is -2.19. The molecular weight excluding hydrogens is 248 g/mol. The average molecular weight is 262 g/mol. The molecule has 0 aliphatic rings. The van der Waals surface area contributed by atoms with Gasteiger partial charge in [0.05, 0.1) is 25.6 Å². The SMILES string of the molecule is COC(=O)CN(CC(=O)OC)C(=O)CC(N)=S. The summed E-state index contributed by atoms with van der Waals surface area (Å²) in [6.45, 7) is -0.708. The van der Waals surface area contributed by atoms with Crippen LogP contribution in [0.5, 0.6) is 0 Å². The predicted molar refractivity (Wildman–Crippen MR) is 62.0 cm³/mol. The van der Waals surface area contributed by atoms with E-state index in [0.717, 1.165) is 4.90 Å². The molecule has 0 heterocycles. The number of nitrogens with zero attached hydrogens (tertiary/aromatic N) is 1. The maximum atomic E-state index is 11.6. The number of ether oxygens (including phenoxy) is 2. The molecule has 0 saturated heterocycles. The Hall–Kier alpha value is -1.70. The fraction of sp³-hybridized carbons (Fsp3) is 0.556. The van der Waals surface area contributed by atoms with E-state index >= 15 is 0 Å². The molecule has 0 saturated carbocycles. The third-order valence-corrected chi connectivity index (χ3v) is 1.92. The Morgan fingerprint density at radius 2 is 1.53 bits per heavy atom. The van der Waals surface area contributed by atoms with Crippen LogP contribution in [0.2, 0.25) is 0 Å². The zero-order chi connectivity index (χ0) is 13.4. The van der Waals surface area contributed by atoms with Gasteiger partial charge < -0.3 is 20.1 Å². The van der Waals surface area contributed by atoms with Crippen LogP contribution in [0, 0.1) is 0 Å². The highest BCUT2D eigenvalue weighted by Gasteiger charge is 2.21. The number of hydrogen-bond acceptors (Lipinski definition) is 6. The molecule has 7 nitrogen and oxygen atoms in total.